The van der Waals surface area contributed by atoms with Gasteiger partial charge in [-0.25, -0.2) is 0 Å². The van der Waals surface area contributed by atoms with E-state index in [1.165, 1.54) is 69.9 Å². The van der Waals surface area contributed by atoms with Gasteiger partial charge < -0.3 is 4.74 Å². The van der Waals surface area contributed by atoms with E-state index in [2.05, 4.69) is 31.0 Å². The first-order valence-corrected chi connectivity index (χ1v) is 11.4. The zero-order valence-electron chi connectivity index (χ0n) is 17.1. The maximum absolute atomic E-state index is 5.63. The second-order valence-corrected chi connectivity index (χ2v) is 8.84. The van der Waals surface area contributed by atoms with Crippen LogP contribution in [0.5, 0.6) is 5.75 Å². The lowest BCUT2D eigenvalue weighted by Crippen LogP contribution is -2.25. The minimum absolute atomic E-state index is 0.782. The van der Waals surface area contributed by atoms with Gasteiger partial charge in [-0.05, 0) is 80.8 Å². The number of ether oxygens (including phenoxy) is 1. The van der Waals surface area contributed by atoms with E-state index >= 15 is 0 Å². The monoisotopic (exact) mass is 357 g/mol. The molecule has 0 amide bonds. The fourth-order valence-electron chi connectivity index (χ4n) is 5.23. The van der Waals surface area contributed by atoms with Crippen molar-refractivity contribution in [2.75, 3.05) is 6.61 Å². The summed E-state index contributed by atoms with van der Waals surface area (Å²) in [7, 11) is 0. The highest BCUT2D eigenvalue weighted by Gasteiger charge is 2.30. The summed E-state index contributed by atoms with van der Waals surface area (Å²) in [6.45, 7) is 5.29. The molecule has 1 aromatic heterocycles. The van der Waals surface area contributed by atoms with E-state index in [4.69, 9.17) is 4.74 Å². The summed E-state index contributed by atoms with van der Waals surface area (Å²) in [4.78, 5) is 4.59. The fraction of sp³-hybridized carbons (Fsp3) is 0.792. The minimum Gasteiger partial charge on any atom is -0.492 e. The van der Waals surface area contributed by atoms with Crippen molar-refractivity contribution >= 4 is 0 Å². The molecule has 2 heteroatoms. The van der Waals surface area contributed by atoms with Crippen molar-refractivity contribution in [1.29, 1.82) is 0 Å². The molecule has 3 rings (SSSR count). The van der Waals surface area contributed by atoms with Crippen molar-refractivity contribution in [3.63, 3.8) is 0 Å². The zero-order valence-corrected chi connectivity index (χ0v) is 17.1. The average Bonchev–Trinajstić information content (AvgIpc) is 2.72. The SMILES string of the molecule is CCCOc1ccc(CCC2CCC([C@H]3CC[C@H](CC)CC3)CC2)nc1. The Morgan fingerprint density at radius 1 is 0.885 bits per heavy atom. The molecule has 0 aromatic carbocycles. The molecule has 146 valence electrons. The summed E-state index contributed by atoms with van der Waals surface area (Å²) >= 11 is 0. The summed E-state index contributed by atoms with van der Waals surface area (Å²) in [6, 6.07) is 4.24. The first-order chi connectivity index (χ1) is 12.8. The number of aryl methyl sites for hydroxylation is 1. The first-order valence-electron chi connectivity index (χ1n) is 11.4. The molecule has 1 aromatic rings. The first kappa shape index (κ1) is 19.7. The van der Waals surface area contributed by atoms with Crippen LogP contribution in [0, 0.1) is 23.7 Å². The van der Waals surface area contributed by atoms with Gasteiger partial charge in [0, 0.05) is 5.69 Å². The molecular weight excluding hydrogens is 318 g/mol. The minimum atomic E-state index is 0.782. The molecule has 0 spiro atoms. The molecule has 0 N–H and O–H groups in total. The largest absolute Gasteiger partial charge is 0.492 e. The third kappa shape index (κ3) is 5.72. The van der Waals surface area contributed by atoms with Crippen LogP contribution in [0.3, 0.4) is 0 Å². The average molecular weight is 358 g/mol. The van der Waals surface area contributed by atoms with E-state index < -0.39 is 0 Å². The van der Waals surface area contributed by atoms with Gasteiger partial charge in [-0.2, -0.15) is 0 Å². The lowest BCUT2D eigenvalue weighted by Gasteiger charge is -2.37. The van der Waals surface area contributed by atoms with Crippen LogP contribution in [0.25, 0.3) is 0 Å². The van der Waals surface area contributed by atoms with Crippen LogP contribution in [-0.2, 0) is 6.42 Å². The zero-order chi connectivity index (χ0) is 18.2. The highest BCUT2D eigenvalue weighted by molar-refractivity contribution is 5.19. The van der Waals surface area contributed by atoms with Crippen molar-refractivity contribution in [3.8, 4) is 5.75 Å². The van der Waals surface area contributed by atoms with Crippen LogP contribution in [0.4, 0.5) is 0 Å². The number of hydrogen-bond acceptors (Lipinski definition) is 2. The Kier molecular flexibility index (Phi) is 7.83. The molecule has 1 heterocycles. The highest BCUT2D eigenvalue weighted by Crippen LogP contribution is 2.42. The molecule has 2 fully saturated rings. The molecule has 0 atom stereocenters. The molecule has 2 nitrogen and oxygen atoms in total. The van der Waals surface area contributed by atoms with E-state index in [-0.39, 0.29) is 0 Å². The molecule has 0 saturated heterocycles. The van der Waals surface area contributed by atoms with E-state index in [1.54, 1.807) is 0 Å². The van der Waals surface area contributed by atoms with Crippen molar-refractivity contribution in [2.24, 2.45) is 23.7 Å². The van der Waals surface area contributed by atoms with Crippen molar-refractivity contribution in [2.45, 2.75) is 90.9 Å². The molecule has 0 radical (unpaired) electrons. The van der Waals surface area contributed by atoms with Crippen LogP contribution < -0.4 is 4.74 Å². The van der Waals surface area contributed by atoms with Gasteiger partial charge in [0.05, 0.1) is 12.8 Å². The van der Waals surface area contributed by atoms with E-state index in [1.807, 2.05) is 6.20 Å². The van der Waals surface area contributed by atoms with Gasteiger partial charge >= 0.3 is 0 Å². The molecule has 2 aliphatic carbocycles. The normalized spacial score (nSPS) is 29.5. The fourth-order valence-corrected chi connectivity index (χ4v) is 5.23. The molecule has 2 saturated carbocycles. The van der Waals surface area contributed by atoms with Crippen molar-refractivity contribution < 1.29 is 4.74 Å². The molecule has 2 aliphatic rings. The Labute approximate surface area is 161 Å². The van der Waals surface area contributed by atoms with Crippen LogP contribution in [0.1, 0.15) is 90.2 Å². The van der Waals surface area contributed by atoms with Gasteiger partial charge in [-0.15, -0.1) is 0 Å². The summed E-state index contributed by atoms with van der Waals surface area (Å²) in [5.74, 6) is 4.96. The smallest absolute Gasteiger partial charge is 0.137 e. The third-order valence-electron chi connectivity index (χ3n) is 7.11. The number of pyridine rings is 1. The maximum atomic E-state index is 5.63. The lowest BCUT2D eigenvalue weighted by atomic mass is 9.68. The molecular formula is C24H39NO. The number of nitrogens with zero attached hydrogens (tertiary/aromatic N) is 1. The van der Waals surface area contributed by atoms with E-state index in [9.17, 15) is 0 Å². The van der Waals surface area contributed by atoms with Gasteiger partial charge in [0.2, 0.25) is 0 Å². The second kappa shape index (κ2) is 10.3. The Balaban J connectivity index is 1.35. The standard InChI is InChI=1S/C24H39NO/c1-3-17-26-24-16-15-23(25-18-24)14-9-20-7-12-22(13-8-20)21-10-5-19(4-2)6-11-21/h15-16,18-22H,3-14,17H2,1-2H3/t19-,20?,21-,22?. The summed E-state index contributed by atoms with van der Waals surface area (Å²) in [5.41, 5.74) is 1.23. The number of aromatic nitrogens is 1. The van der Waals surface area contributed by atoms with Gasteiger partial charge in [0.15, 0.2) is 0 Å². The van der Waals surface area contributed by atoms with Gasteiger partial charge in [-0.1, -0.05) is 46.0 Å². The highest BCUT2D eigenvalue weighted by atomic mass is 16.5. The third-order valence-corrected chi connectivity index (χ3v) is 7.11. The number of hydrogen-bond donors (Lipinski definition) is 0. The molecule has 0 bridgehead atoms. The van der Waals surface area contributed by atoms with Crippen molar-refractivity contribution in [3.05, 3.63) is 24.0 Å². The summed E-state index contributed by atoms with van der Waals surface area (Å²) < 4.78 is 5.63. The Hall–Kier alpha value is -1.05. The van der Waals surface area contributed by atoms with Crippen LogP contribution in [0.2, 0.25) is 0 Å². The predicted molar refractivity (Wildman–Crippen MR) is 110 cm³/mol. The predicted octanol–water partition coefficient (Wildman–Crippen LogP) is 6.83. The topological polar surface area (TPSA) is 22.1 Å². The quantitative estimate of drug-likeness (QED) is 0.509. The number of rotatable bonds is 8. The lowest BCUT2D eigenvalue weighted by molar-refractivity contribution is 0.142. The Morgan fingerprint density at radius 3 is 2.08 bits per heavy atom. The van der Waals surface area contributed by atoms with Crippen LogP contribution in [0.15, 0.2) is 18.3 Å². The summed E-state index contributed by atoms with van der Waals surface area (Å²) in [5, 5.41) is 0. The second-order valence-electron chi connectivity index (χ2n) is 8.84. The van der Waals surface area contributed by atoms with Gasteiger partial charge in [0.1, 0.15) is 5.75 Å². The van der Waals surface area contributed by atoms with E-state index in [0.717, 1.165) is 48.9 Å². The van der Waals surface area contributed by atoms with Gasteiger partial charge in [-0.3, -0.25) is 4.98 Å². The van der Waals surface area contributed by atoms with E-state index in [0.29, 0.717) is 0 Å². The van der Waals surface area contributed by atoms with Gasteiger partial charge in [0.25, 0.3) is 0 Å². The maximum Gasteiger partial charge on any atom is 0.137 e. The molecule has 0 unspecified atom stereocenters. The summed E-state index contributed by atoms with van der Waals surface area (Å²) in [6.07, 6.45) is 18.7. The van der Waals surface area contributed by atoms with Crippen molar-refractivity contribution in [1.82, 2.24) is 4.98 Å². The molecule has 26 heavy (non-hydrogen) atoms. The Morgan fingerprint density at radius 2 is 1.54 bits per heavy atom. The van der Waals surface area contributed by atoms with Crippen LogP contribution >= 0.6 is 0 Å². The molecule has 0 aliphatic heterocycles. The van der Waals surface area contributed by atoms with Crippen LogP contribution in [-0.4, -0.2) is 11.6 Å². The Bertz CT molecular complexity index is 495.